The molecule has 3 rings (SSSR count). The Bertz CT molecular complexity index is 808. The molecule has 0 aliphatic rings. The maximum Gasteiger partial charge on any atom is 0.279 e. The molecule has 124 valence electrons. The largest absolute Gasteiger partial charge is 0.288 e. The standard InChI is InChI=1S/C21H18N2O2/c1-16-12-14-19(15-13-16)22-23(20(24)17-8-4-2-5-9-17)21(25)18-10-6-3-7-11-18/h2-15,22H,1H3. The van der Waals surface area contributed by atoms with Gasteiger partial charge in [0.1, 0.15) is 0 Å². The lowest BCUT2D eigenvalue weighted by Crippen LogP contribution is -2.41. The van der Waals surface area contributed by atoms with Crippen LogP contribution in [0.3, 0.4) is 0 Å². The quantitative estimate of drug-likeness (QED) is 0.573. The summed E-state index contributed by atoms with van der Waals surface area (Å²) >= 11 is 0. The van der Waals surface area contributed by atoms with E-state index in [4.69, 9.17) is 0 Å². The molecule has 4 nitrogen and oxygen atoms in total. The molecule has 1 N–H and O–H groups in total. The van der Waals surface area contributed by atoms with Crippen LogP contribution in [-0.4, -0.2) is 16.8 Å². The maximum absolute atomic E-state index is 12.9. The number of hydrogen-bond acceptors (Lipinski definition) is 3. The summed E-state index contributed by atoms with van der Waals surface area (Å²) in [6.45, 7) is 1.98. The van der Waals surface area contributed by atoms with Gasteiger partial charge in [-0.1, -0.05) is 54.1 Å². The third kappa shape index (κ3) is 3.93. The van der Waals surface area contributed by atoms with E-state index < -0.39 is 11.8 Å². The van der Waals surface area contributed by atoms with Crippen molar-refractivity contribution in [1.29, 1.82) is 0 Å². The van der Waals surface area contributed by atoms with Crippen LogP contribution in [0.15, 0.2) is 84.9 Å². The minimum atomic E-state index is -0.407. The molecule has 4 heteroatoms. The minimum Gasteiger partial charge on any atom is -0.288 e. The lowest BCUT2D eigenvalue weighted by Gasteiger charge is -2.23. The molecule has 25 heavy (non-hydrogen) atoms. The number of nitrogens with zero attached hydrogens (tertiary/aromatic N) is 1. The summed E-state index contributed by atoms with van der Waals surface area (Å²) in [7, 11) is 0. The highest BCUT2D eigenvalue weighted by molar-refractivity contribution is 6.11. The predicted octanol–water partition coefficient (Wildman–Crippen LogP) is 4.30. The van der Waals surface area contributed by atoms with Gasteiger partial charge in [0.25, 0.3) is 11.8 Å². The molecule has 0 aliphatic carbocycles. The highest BCUT2D eigenvalue weighted by Crippen LogP contribution is 2.15. The highest BCUT2D eigenvalue weighted by atomic mass is 16.2. The molecule has 0 aliphatic heterocycles. The summed E-state index contributed by atoms with van der Waals surface area (Å²) in [5, 5.41) is 1.05. The number of benzene rings is 3. The second kappa shape index (κ2) is 7.45. The topological polar surface area (TPSA) is 49.4 Å². The van der Waals surface area contributed by atoms with Crippen LogP contribution in [-0.2, 0) is 0 Å². The van der Waals surface area contributed by atoms with Crippen LogP contribution in [0, 0.1) is 6.92 Å². The van der Waals surface area contributed by atoms with Crippen LogP contribution in [0.25, 0.3) is 0 Å². The van der Waals surface area contributed by atoms with Gasteiger partial charge >= 0.3 is 0 Å². The Hall–Kier alpha value is -3.40. The van der Waals surface area contributed by atoms with Crippen molar-refractivity contribution in [3.63, 3.8) is 0 Å². The van der Waals surface area contributed by atoms with Crippen molar-refractivity contribution in [3.8, 4) is 0 Å². The van der Waals surface area contributed by atoms with Gasteiger partial charge in [-0.15, -0.1) is 0 Å². The first-order valence-electron chi connectivity index (χ1n) is 7.97. The molecule has 0 saturated heterocycles. The monoisotopic (exact) mass is 330 g/mol. The van der Waals surface area contributed by atoms with Crippen molar-refractivity contribution in [2.24, 2.45) is 0 Å². The number of carbonyl (C=O) groups is 2. The number of imide groups is 1. The molecule has 3 aromatic rings. The fraction of sp³-hybridized carbons (Fsp3) is 0.0476. The third-order valence-electron chi connectivity index (χ3n) is 3.74. The SMILES string of the molecule is Cc1ccc(NN(C(=O)c2ccccc2)C(=O)c2ccccc2)cc1. The Morgan fingerprint density at radius 1 is 0.680 bits per heavy atom. The van der Waals surface area contributed by atoms with Gasteiger partial charge in [-0.3, -0.25) is 15.0 Å². The Morgan fingerprint density at radius 3 is 1.56 bits per heavy atom. The van der Waals surface area contributed by atoms with E-state index in [2.05, 4.69) is 5.43 Å². The van der Waals surface area contributed by atoms with E-state index in [0.717, 1.165) is 10.6 Å². The second-order valence-electron chi connectivity index (χ2n) is 5.66. The summed E-state index contributed by atoms with van der Waals surface area (Å²) in [6.07, 6.45) is 0. The molecule has 0 heterocycles. The normalized spacial score (nSPS) is 10.1. The van der Waals surface area contributed by atoms with Gasteiger partial charge in [0, 0.05) is 11.1 Å². The first kappa shape index (κ1) is 16.5. The van der Waals surface area contributed by atoms with E-state index in [0.29, 0.717) is 16.8 Å². The van der Waals surface area contributed by atoms with Crippen LogP contribution in [0.5, 0.6) is 0 Å². The van der Waals surface area contributed by atoms with Crippen LogP contribution < -0.4 is 5.43 Å². The molecule has 2 amide bonds. The number of carbonyl (C=O) groups excluding carboxylic acids is 2. The average Bonchev–Trinajstić information content (AvgIpc) is 2.68. The molecule has 0 spiro atoms. The minimum absolute atomic E-state index is 0.407. The molecular weight excluding hydrogens is 312 g/mol. The van der Waals surface area contributed by atoms with Gasteiger partial charge in [0.05, 0.1) is 5.69 Å². The summed E-state index contributed by atoms with van der Waals surface area (Å²) < 4.78 is 0. The zero-order valence-corrected chi connectivity index (χ0v) is 13.8. The van der Waals surface area contributed by atoms with E-state index in [1.807, 2.05) is 43.3 Å². The van der Waals surface area contributed by atoms with Crippen molar-refractivity contribution in [2.45, 2.75) is 6.92 Å². The summed E-state index contributed by atoms with van der Waals surface area (Å²) in [5.41, 5.74) is 5.57. The number of rotatable bonds is 4. The number of hydrogen-bond donors (Lipinski definition) is 1. The van der Waals surface area contributed by atoms with Crippen LogP contribution in [0.2, 0.25) is 0 Å². The Labute approximate surface area is 146 Å². The zero-order valence-electron chi connectivity index (χ0n) is 13.8. The fourth-order valence-corrected chi connectivity index (χ4v) is 2.37. The lowest BCUT2D eigenvalue weighted by molar-refractivity contribution is 0.0654. The first-order chi connectivity index (χ1) is 12.1. The van der Waals surface area contributed by atoms with Gasteiger partial charge in [0.2, 0.25) is 0 Å². The molecule has 0 saturated carbocycles. The summed E-state index contributed by atoms with van der Waals surface area (Å²) in [4.78, 5) is 25.7. The van der Waals surface area contributed by atoms with Gasteiger partial charge in [-0.25, -0.2) is 0 Å². The molecule has 0 unspecified atom stereocenters. The highest BCUT2D eigenvalue weighted by Gasteiger charge is 2.24. The Balaban J connectivity index is 1.94. The molecule has 0 aromatic heterocycles. The van der Waals surface area contributed by atoms with Crippen molar-refractivity contribution >= 4 is 17.5 Å². The van der Waals surface area contributed by atoms with Crippen molar-refractivity contribution in [1.82, 2.24) is 5.01 Å². The molecule has 0 bridgehead atoms. The first-order valence-corrected chi connectivity index (χ1v) is 7.97. The smallest absolute Gasteiger partial charge is 0.279 e. The van der Waals surface area contributed by atoms with E-state index in [9.17, 15) is 9.59 Å². The van der Waals surface area contributed by atoms with E-state index in [-0.39, 0.29) is 0 Å². The van der Waals surface area contributed by atoms with Crippen LogP contribution >= 0.6 is 0 Å². The molecule has 0 atom stereocenters. The number of nitrogens with one attached hydrogen (secondary N) is 1. The number of anilines is 1. The molecule has 0 fully saturated rings. The zero-order chi connectivity index (χ0) is 17.6. The van der Waals surface area contributed by atoms with Crippen molar-refractivity contribution in [3.05, 3.63) is 102 Å². The van der Waals surface area contributed by atoms with E-state index >= 15 is 0 Å². The Kier molecular flexibility index (Phi) is 4.90. The number of hydrazine groups is 1. The van der Waals surface area contributed by atoms with Gasteiger partial charge in [-0.05, 0) is 43.3 Å². The van der Waals surface area contributed by atoms with Gasteiger partial charge in [-0.2, -0.15) is 5.01 Å². The van der Waals surface area contributed by atoms with Gasteiger partial charge < -0.3 is 0 Å². The number of aryl methyl sites for hydroxylation is 1. The van der Waals surface area contributed by atoms with Gasteiger partial charge in [0.15, 0.2) is 0 Å². The summed E-state index contributed by atoms with van der Waals surface area (Å²) in [6, 6.07) is 25.0. The molecule has 3 aromatic carbocycles. The van der Waals surface area contributed by atoms with Crippen LogP contribution in [0.1, 0.15) is 26.3 Å². The number of amides is 2. The third-order valence-corrected chi connectivity index (χ3v) is 3.74. The second-order valence-corrected chi connectivity index (χ2v) is 5.66. The van der Waals surface area contributed by atoms with Crippen LogP contribution in [0.4, 0.5) is 5.69 Å². The summed E-state index contributed by atoms with van der Waals surface area (Å²) in [5.74, 6) is -0.815. The van der Waals surface area contributed by atoms with E-state index in [1.54, 1.807) is 48.5 Å². The average molecular weight is 330 g/mol. The van der Waals surface area contributed by atoms with Crippen molar-refractivity contribution in [2.75, 3.05) is 5.43 Å². The molecule has 0 radical (unpaired) electrons. The maximum atomic E-state index is 12.9. The Morgan fingerprint density at radius 2 is 1.12 bits per heavy atom. The predicted molar refractivity (Wildman–Crippen MR) is 98.2 cm³/mol. The van der Waals surface area contributed by atoms with E-state index in [1.165, 1.54) is 0 Å². The lowest BCUT2D eigenvalue weighted by atomic mass is 10.1. The van der Waals surface area contributed by atoms with Crippen molar-refractivity contribution < 1.29 is 9.59 Å². The molecular formula is C21H18N2O2. The fourth-order valence-electron chi connectivity index (χ4n) is 2.37.